The summed E-state index contributed by atoms with van der Waals surface area (Å²) in [7, 11) is 1.63. The smallest absolute Gasteiger partial charge is 0.252 e. The van der Waals surface area contributed by atoms with E-state index >= 15 is 0 Å². The van der Waals surface area contributed by atoms with Crippen LogP contribution in [0.1, 0.15) is 15.9 Å². The molecule has 17 heavy (non-hydrogen) atoms. The fourth-order valence-corrected chi connectivity index (χ4v) is 2.06. The van der Waals surface area contributed by atoms with E-state index in [9.17, 15) is 4.79 Å². The van der Waals surface area contributed by atoms with Crippen molar-refractivity contribution in [1.82, 2.24) is 5.32 Å². The fourth-order valence-electron chi connectivity index (χ4n) is 1.42. The normalized spacial score (nSPS) is 9.94. The Bertz CT molecular complexity index is 477. The van der Waals surface area contributed by atoms with Crippen LogP contribution >= 0.6 is 11.3 Å². The van der Waals surface area contributed by atoms with Gasteiger partial charge in [-0.15, -0.1) is 0 Å². The van der Waals surface area contributed by atoms with Crippen LogP contribution in [0.2, 0.25) is 0 Å². The number of ether oxygens (including phenoxy) is 1. The largest absolute Gasteiger partial charge is 0.497 e. The summed E-state index contributed by atoms with van der Waals surface area (Å²) >= 11 is 1.52. The lowest BCUT2D eigenvalue weighted by molar-refractivity contribution is 0.0951. The maximum atomic E-state index is 11.7. The molecule has 1 heterocycles. The molecule has 2 rings (SSSR count). The van der Waals surface area contributed by atoms with Crippen LogP contribution in [0.25, 0.3) is 0 Å². The Morgan fingerprint density at radius 2 is 2.06 bits per heavy atom. The molecule has 0 fully saturated rings. The highest BCUT2D eigenvalue weighted by Gasteiger charge is 2.04. The molecule has 0 saturated heterocycles. The summed E-state index contributed by atoms with van der Waals surface area (Å²) in [5.41, 5.74) is 1.76. The van der Waals surface area contributed by atoms with Gasteiger partial charge < -0.3 is 10.1 Å². The third kappa shape index (κ3) is 3.07. The van der Waals surface area contributed by atoms with E-state index in [0.29, 0.717) is 12.1 Å². The fraction of sp³-hybridized carbons (Fsp3) is 0.154. The highest BCUT2D eigenvalue weighted by atomic mass is 32.1. The number of hydrogen-bond donors (Lipinski definition) is 1. The molecule has 1 amide bonds. The maximum absolute atomic E-state index is 11.7. The predicted octanol–water partition coefficient (Wildman–Crippen LogP) is 2.69. The Labute approximate surface area is 104 Å². The van der Waals surface area contributed by atoms with E-state index in [-0.39, 0.29) is 5.91 Å². The van der Waals surface area contributed by atoms with Gasteiger partial charge in [-0.25, -0.2) is 0 Å². The van der Waals surface area contributed by atoms with Crippen LogP contribution < -0.4 is 10.1 Å². The summed E-state index contributed by atoms with van der Waals surface area (Å²) in [6.07, 6.45) is 0. The second-order valence-corrected chi connectivity index (χ2v) is 4.32. The lowest BCUT2D eigenvalue weighted by Gasteiger charge is -2.05. The van der Waals surface area contributed by atoms with Gasteiger partial charge in [-0.2, -0.15) is 11.3 Å². The molecule has 0 aliphatic heterocycles. The molecule has 1 aromatic heterocycles. The Morgan fingerprint density at radius 1 is 1.29 bits per heavy atom. The van der Waals surface area contributed by atoms with Crippen LogP contribution in [-0.4, -0.2) is 13.0 Å². The first-order valence-electron chi connectivity index (χ1n) is 5.23. The van der Waals surface area contributed by atoms with Crippen molar-refractivity contribution < 1.29 is 9.53 Å². The van der Waals surface area contributed by atoms with Gasteiger partial charge in [0.1, 0.15) is 5.75 Å². The van der Waals surface area contributed by atoms with Crippen LogP contribution in [0.3, 0.4) is 0 Å². The summed E-state index contributed by atoms with van der Waals surface area (Å²) in [4.78, 5) is 11.7. The first-order chi connectivity index (χ1) is 8.29. The van der Waals surface area contributed by atoms with Gasteiger partial charge in [-0.05, 0) is 29.1 Å². The van der Waals surface area contributed by atoms with Gasteiger partial charge in [0.2, 0.25) is 0 Å². The second kappa shape index (κ2) is 5.50. The van der Waals surface area contributed by atoms with E-state index in [2.05, 4.69) is 5.32 Å². The monoisotopic (exact) mass is 247 g/mol. The zero-order chi connectivity index (χ0) is 12.1. The molecule has 0 aliphatic carbocycles. The van der Waals surface area contributed by atoms with Crippen molar-refractivity contribution in [3.8, 4) is 5.75 Å². The molecule has 2 aromatic rings. The van der Waals surface area contributed by atoms with Gasteiger partial charge in [0.05, 0.1) is 7.11 Å². The van der Waals surface area contributed by atoms with Crippen LogP contribution in [0.15, 0.2) is 41.1 Å². The number of amides is 1. The van der Waals surface area contributed by atoms with E-state index in [1.54, 1.807) is 7.11 Å². The highest BCUT2D eigenvalue weighted by molar-refractivity contribution is 7.08. The molecule has 4 heteroatoms. The number of benzene rings is 1. The van der Waals surface area contributed by atoms with E-state index in [4.69, 9.17) is 4.74 Å². The molecule has 0 aliphatic rings. The first kappa shape index (κ1) is 11.7. The molecule has 1 N–H and O–H groups in total. The SMILES string of the molecule is COc1ccc(CNC(=O)c2ccsc2)cc1. The van der Waals surface area contributed by atoms with E-state index < -0.39 is 0 Å². The molecule has 0 bridgehead atoms. The number of carbonyl (C=O) groups is 1. The van der Waals surface area contributed by atoms with Crippen molar-refractivity contribution in [3.63, 3.8) is 0 Å². The van der Waals surface area contributed by atoms with Crippen LogP contribution in [-0.2, 0) is 6.54 Å². The summed E-state index contributed by atoms with van der Waals surface area (Å²) in [6, 6.07) is 9.45. The van der Waals surface area contributed by atoms with Gasteiger partial charge in [-0.1, -0.05) is 12.1 Å². The minimum absolute atomic E-state index is 0.0398. The Hall–Kier alpha value is -1.81. The first-order valence-corrected chi connectivity index (χ1v) is 6.17. The summed E-state index contributed by atoms with van der Waals surface area (Å²) < 4.78 is 5.07. The Morgan fingerprint density at radius 3 is 2.65 bits per heavy atom. The second-order valence-electron chi connectivity index (χ2n) is 3.54. The lowest BCUT2D eigenvalue weighted by atomic mass is 10.2. The molecular formula is C13H13NO2S. The van der Waals surface area contributed by atoms with Gasteiger partial charge in [0.15, 0.2) is 0 Å². The Balaban J connectivity index is 1.91. The van der Waals surface area contributed by atoms with Crippen LogP contribution in [0, 0.1) is 0 Å². The molecule has 3 nitrogen and oxygen atoms in total. The van der Waals surface area contributed by atoms with Crippen molar-refractivity contribution in [2.45, 2.75) is 6.54 Å². The minimum Gasteiger partial charge on any atom is -0.497 e. The average molecular weight is 247 g/mol. The van der Waals surface area contributed by atoms with Gasteiger partial charge in [0, 0.05) is 17.5 Å². The van der Waals surface area contributed by atoms with Gasteiger partial charge in [0.25, 0.3) is 5.91 Å². The third-order valence-corrected chi connectivity index (χ3v) is 3.08. The third-order valence-electron chi connectivity index (χ3n) is 2.40. The van der Waals surface area contributed by atoms with Crippen molar-refractivity contribution in [2.24, 2.45) is 0 Å². The number of carbonyl (C=O) groups excluding carboxylic acids is 1. The summed E-state index contributed by atoms with van der Waals surface area (Å²) in [6.45, 7) is 0.526. The van der Waals surface area contributed by atoms with Crippen molar-refractivity contribution in [3.05, 3.63) is 52.2 Å². The Kier molecular flexibility index (Phi) is 3.77. The average Bonchev–Trinajstić information content (AvgIpc) is 2.90. The zero-order valence-electron chi connectivity index (χ0n) is 9.47. The van der Waals surface area contributed by atoms with E-state index in [0.717, 1.165) is 11.3 Å². The van der Waals surface area contributed by atoms with Crippen LogP contribution in [0.5, 0.6) is 5.75 Å². The molecule has 0 saturated carbocycles. The zero-order valence-corrected chi connectivity index (χ0v) is 10.3. The summed E-state index contributed by atoms with van der Waals surface area (Å²) in [5.74, 6) is 0.778. The molecule has 88 valence electrons. The lowest BCUT2D eigenvalue weighted by Crippen LogP contribution is -2.22. The number of nitrogens with one attached hydrogen (secondary N) is 1. The van der Waals surface area contributed by atoms with Gasteiger partial charge >= 0.3 is 0 Å². The topological polar surface area (TPSA) is 38.3 Å². The number of thiophene rings is 1. The van der Waals surface area contributed by atoms with Gasteiger partial charge in [-0.3, -0.25) is 4.79 Å². The molecule has 0 radical (unpaired) electrons. The number of hydrogen-bond acceptors (Lipinski definition) is 3. The minimum atomic E-state index is -0.0398. The molecule has 1 aromatic carbocycles. The number of methoxy groups -OCH3 is 1. The standard InChI is InChI=1S/C13H13NO2S/c1-16-12-4-2-10(3-5-12)8-14-13(15)11-6-7-17-9-11/h2-7,9H,8H2,1H3,(H,14,15). The molecule has 0 unspecified atom stereocenters. The van der Waals surface area contributed by atoms with Crippen molar-refractivity contribution in [1.29, 1.82) is 0 Å². The molecule has 0 spiro atoms. The predicted molar refractivity (Wildman–Crippen MR) is 68.5 cm³/mol. The molecular weight excluding hydrogens is 234 g/mol. The highest BCUT2D eigenvalue weighted by Crippen LogP contribution is 2.11. The van der Waals surface area contributed by atoms with E-state index in [1.165, 1.54) is 11.3 Å². The van der Waals surface area contributed by atoms with Crippen LogP contribution in [0.4, 0.5) is 0 Å². The maximum Gasteiger partial charge on any atom is 0.252 e. The molecule has 0 atom stereocenters. The van der Waals surface area contributed by atoms with E-state index in [1.807, 2.05) is 41.1 Å². The van der Waals surface area contributed by atoms with Crippen molar-refractivity contribution >= 4 is 17.2 Å². The summed E-state index contributed by atoms with van der Waals surface area (Å²) in [5, 5.41) is 6.59. The quantitative estimate of drug-likeness (QED) is 0.902. The van der Waals surface area contributed by atoms with Crippen molar-refractivity contribution in [2.75, 3.05) is 7.11 Å². The number of rotatable bonds is 4.